The number of rotatable bonds is 2. The lowest BCUT2D eigenvalue weighted by Crippen LogP contribution is -2.05. The second kappa shape index (κ2) is 4.47. The van der Waals surface area contributed by atoms with Crippen LogP contribution >= 0.6 is 38.5 Å². The highest BCUT2D eigenvalue weighted by Gasteiger charge is 2.18. The molecule has 1 heterocycles. The molecule has 1 N–H and O–H groups in total. The molecule has 76 valence electrons. The van der Waals surface area contributed by atoms with E-state index in [4.69, 9.17) is 5.11 Å². The van der Waals surface area contributed by atoms with Gasteiger partial charge in [0.15, 0.2) is 5.69 Å². The van der Waals surface area contributed by atoms with E-state index >= 15 is 0 Å². The third-order valence-electron chi connectivity index (χ3n) is 1.39. The summed E-state index contributed by atoms with van der Waals surface area (Å²) >= 11 is 4.45. The molecule has 7 heteroatoms. The van der Waals surface area contributed by atoms with Crippen molar-refractivity contribution in [3.05, 3.63) is 25.5 Å². The second-order valence-corrected chi connectivity index (χ2v) is 4.18. The van der Waals surface area contributed by atoms with Crippen molar-refractivity contribution in [2.45, 2.75) is 6.43 Å². The number of carboxylic acid groups (broad SMARTS) is 1. The lowest BCUT2D eigenvalue weighted by Gasteiger charge is -2.05. The van der Waals surface area contributed by atoms with Gasteiger partial charge < -0.3 is 5.11 Å². The van der Waals surface area contributed by atoms with E-state index in [0.717, 1.165) is 6.07 Å². The summed E-state index contributed by atoms with van der Waals surface area (Å²) in [6.45, 7) is 0. The summed E-state index contributed by atoms with van der Waals surface area (Å²) in [7, 11) is 0. The Morgan fingerprint density at radius 3 is 2.64 bits per heavy atom. The standard InChI is InChI=1S/C7H3BrF2INO2/c8-3-1-2(5(9)10)6(11)12-4(3)7(13)14/h1,5H,(H,13,14). The number of alkyl halides is 2. The highest BCUT2D eigenvalue weighted by molar-refractivity contribution is 14.1. The SMILES string of the molecule is O=C(O)c1nc(I)c(C(F)F)cc1Br. The maximum Gasteiger partial charge on any atom is 0.355 e. The number of carbonyl (C=O) groups is 1. The lowest BCUT2D eigenvalue weighted by molar-refractivity contribution is 0.0688. The Morgan fingerprint density at radius 1 is 1.64 bits per heavy atom. The molecule has 3 nitrogen and oxygen atoms in total. The van der Waals surface area contributed by atoms with Crippen LogP contribution in [0.1, 0.15) is 22.5 Å². The van der Waals surface area contributed by atoms with Gasteiger partial charge in [-0.15, -0.1) is 0 Å². The summed E-state index contributed by atoms with van der Waals surface area (Å²) in [6, 6.07) is 1.07. The molecule has 0 fully saturated rings. The van der Waals surface area contributed by atoms with E-state index in [2.05, 4.69) is 20.9 Å². The molecule has 0 radical (unpaired) electrons. The predicted molar refractivity (Wildman–Crippen MR) is 56.6 cm³/mol. The van der Waals surface area contributed by atoms with Crippen molar-refractivity contribution in [2.24, 2.45) is 0 Å². The third-order valence-corrected chi connectivity index (χ3v) is 2.86. The number of nitrogens with zero attached hydrogens (tertiary/aromatic N) is 1. The number of hydrogen-bond donors (Lipinski definition) is 1. The van der Waals surface area contributed by atoms with Crippen molar-refractivity contribution in [1.29, 1.82) is 0 Å². The molecule has 0 atom stereocenters. The Hall–Kier alpha value is -0.310. The number of halogens is 4. The fraction of sp³-hybridized carbons (Fsp3) is 0.143. The molecule has 0 saturated heterocycles. The predicted octanol–water partition coefficient (Wildman–Crippen LogP) is 3.08. The lowest BCUT2D eigenvalue weighted by atomic mass is 10.2. The van der Waals surface area contributed by atoms with Crippen molar-refractivity contribution >= 4 is 44.5 Å². The summed E-state index contributed by atoms with van der Waals surface area (Å²) in [5.74, 6) is -1.25. The Balaban J connectivity index is 3.31. The molecule has 1 aromatic heterocycles. The molecule has 0 bridgehead atoms. The van der Waals surface area contributed by atoms with Gasteiger partial charge in [-0.1, -0.05) is 0 Å². The fourth-order valence-corrected chi connectivity index (χ4v) is 1.92. The zero-order valence-electron chi connectivity index (χ0n) is 6.47. The molecule has 0 amide bonds. The third kappa shape index (κ3) is 2.38. The average Bonchev–Trinajstić information content (AvgIpc) is 2.07. The number of aromatic carboxylic acids is 1. The first-order chi connectivity index (χ1) is 6.43. The minimum Gasteiger partial charge on any atom is -0.476 e. The Labute approximate surface area is 99.8 Å². The number of hydrogen-bond acceptors (Lipinski definition) is 2. The average molecular weight is 378 g/mol. The van der Waals surface area contributed by atoms with Crippen LogP contribution in [0.3, 0.4) is 0 Å². The van der Waals surface area contributed by atoms with Gasteiger partial charge in [-0.3, -0.25) is 0 Å². The Morgan fingerprint density at radius 2 is 2.21 bits per heavy atom. The summed E-state index contributed by atoms with van der Waals surface area (Å²) in [4.78, 5) is 14.1. The summed E-state index contributed by atoms with van der Waals surface area (Å²) in [5, 5.41) is 8.64. The van der Waals surface area contributed by atoms with E-state index in [1.54, 1.807) is 22.6 Å². The Bertz CT molecular complexity index is 386. The van der Waals surface area contributed by atoms with E-state index in [9.17, 15) is 13.6 Å². The van der Waals surface area contributed by atoms with E-state index in [1.165, 1.54) is 0 Å². The maximum atomic E-state index is 12.3. The van der Waals surface area contributed by atoms with Gasteiger partial charge >= 0.3 is 5.97 Å². The largest absolute Gasteiger partial charge is 0.476 e. The van der Waals surface area contributed by atoms with Crippen LogP contribution in [0.25, 0.3) is 0 Å². The summed E-state index contributed by atoms with van der Waals surface area (Å²) < 4.78 is 24.7. The number of aromatic nitrogens is 1. The molecule has 0 aliphatic heterocycles. The molecular weight excluding hydrogens is 375 g/mol. The van der Waals surface area contributed by atoms with Gasteiger partial charge in [0.2, 0.25) is 0 Å². The fourth-order valence-electron chi connectivity index (χ4n) is 0.784. The van der Waals surface area contributed by atoms with Gasteiger partial charge in [0, 0.05) is 0 Å². The molecule has 0 aliphatic carbocycles. The molecule has 0 spiro atoms. The van der Waals surface area contributed by atoms with Crippen molar-refractivity contribution < 1.29 is 18.7 Å². The normalized spacial score (nSPS) is 10.6. The van der Waals surface area contributed by atoms with Gasteiger partial charge in [-0.05, 0) is 44.6 Å². The van der Waals surface area contributed by atoms with Crippen molar-refractivity contribution in [3.63, 3.8) is 0 Å². The molecule has 0 saturated carbocycles. The van der Waals surface area contributed by atoms with Crippen LogP contribution in [0.2, 0.25) is 0 Å². The van der Waals surface area contributed by atoms with Gasteiger partial charge in [0.1, 0.15) is 3.70 Å². The van der Waals surface area contributed by atoms with Crippen molar-refractivity contribution in [1.82, 2.24) is 4.98 Å². The summed E-state index contributed by atoms with van der Waals surface area (Å²) in [6.07, 6.45) is -2.66. The van der Waals surface area contributed by atoms with E-state index < -0.39 is 12.4 Å². The summed E-state index contributed by atoms with van der Waals surface area (Å²) in [5.41, 5.74) is -0.540. The van der Waals surface area contributed by atoms with Crippen LogP contribution in [-0.4, -0.2) is 16.1 Å². The minimum atomic E-state index is -2.66. The topological polar surface area (TPSA) is 50.2 Å². The molecule has 1 rings (SSSR count). The van der Waals surface area contributed by atoms with E-state index in [1.807, 2.05) is 0 Å². The molecular formula is C7H3BrF2INO2. The zero-order valence-corrected chi connectivity index (χ0v) is 10.2. The maximum absolute atomic E-state index is 12.3. The van der Waals surface area contributed by atoms with Crippen LogP contribution in [0.4, 0.5) is 8.78 Å². The van der Waals surface area contributed by atoms with Gasteiger partial charge in [0.05, 0.1) is 10.0 Å². The zero-order chi connectivity index (χ0) is 10.9. The first-order valence-corrected chi connectivity index (χ1v) is 5.18. The first kappa shape index (κ1) is 11.8. The number of pyridine rings is 1. The molecule has 14 heavy (non-hydrogen) atoms. The van der Waals surface area contributed by atoms with Crippen LogP contribution in [0.5, 0.6) is 0 Å². The van der Waals surface area contributed by atoms with Crippen LogP contribution in [0, 0.1) is 3.70 Å². The van der Waals surface area contributed by atoms with Crippen LogP contribution in [0.15, 0.2) is 10.5 Å². The highest BCUT2D eigenvalue weighted by atomic mass is 127. The van der Waals surface area contributed by atoms with E-state index in [-0.39, 0.29) is 19.4 Å². The minimum absolute atomic E-state index is 0.00167. The highest BCUT2D eigenvalue weighted by Crippen LogP contribution is 2.27. The first-order valence-electron chi connectivity index (χ1n) is 3.31. The van der Waals surface area contributed by atoms with Gasteiger partial charge in [-0.2, -0.15) is 0 Å². The number of carboxylic acids is 1. The molecule has 0 aromatic carbocycles. The van der Waals surface area contributed by atoms with Gasteiger partial charge in [-0.25, -0.2) is 18.6 Å². The van der Waals surface area contributed by atoms with Crippen molar-refractivity contribution in [3.8, 4) is 0 Å². The quantitative estimate of drug-likeness (QED) is 0.636. The second-order valence-electron chi connectivity index (χ2n) is 2.30. The van der Waals surface area contributed by atoms with Crippen LogP contribution in [-0.2, 0) is 0 Å². The molecule has 1 aromatic rings. The van der Waals surface area contributed by atoms with Crippen molar-refractivity contribution in [2.75, 3.05) is 0 Å². The molecule has 0 unspecified atom stereocenters. The van der Waals surface area contributed by atoms with E-state index in [0.29, 0.717) is 0 Å². The van der Waals surface area contributed by atoms with Gasteiger partial charge in [0.25, 0.3) is 6.43 Å². The smallest absolute Gasteiger partial charge is 0.355 e. The monoisotopic (exact) mass is 377 g/mol. The molecule has 0 aliphatic rings. The van der Waals surface area contributed by atoms with Crippen LogP contribution < -0.4 is 0 Å². The Kier molecular flexibility index (Phi) is 3.76.